The monoisotopic (exact) mass is 331 g/mol. The Morgan fingerprint density at radius 1 is 1.04 bits per heavy atom. The van der Waals surface area contributed by atoms with Gasteiger partial charge in [-0.3, -0.25) is 0 Å². The highest BCUT2D eigenvalue weighted by molar-refractivity contribution is 6.33. The lowest BCUT2D eigenvalue weighted by atomic mass is 10.1. The number of anilines is 3. The van der Waals surface area contributed by atoms with Crippen molar-refractivity contribution in [2.75, 3.05) is 28.6 Å². The van der Waals surface area contributed by atoms with E-state index in [2.05, 4.69) is 35.4 Å². The third-order valence-electron chi connectivity index (χ3n) is 3.71. The fourth-order valence-electron chi connectivity index (χ4n) is 2.41. The predicted octanol–water partition coefficient (Wildman–Crippen LogP) is 5.14. The number of carbonyl (C=O) groups excluding carboxylic acids is 1. The van der Waals surface area contributed by atoms with Crippen LogP contribution in [0.5, 0.6) is 0 Å². The first-order valence-electron chi connectivity index (χ1n) is 7.73. The Bertz CT molecular complexity index is 684. The van der Waals surface area contributed by atoms with Gasteiger partial charge in [0.05, 0.1) is 10.7 Å². The molecular weight excluding hydrogens is 310 g/mol. The van der Waals surface area contributed by atoms with E-state index in [0.29, 0.717) is 10.7 Å². The topological polar surface area (TPSA) is 44.4 Å². The molecule has 0 bridgehead atoms. The third-order valence-corrected chi connectivity index (χ3v) is 4.04. The van der Waals surface area contributed by atoms with E-state index in [1.807, 2.05) is 31.2 Å². The number of para-hydroxylation sites is 1. The van der Waals surface area contributed by atoms with E-state index in [9.17, 15) is 4.79 Å². The maximum Gasteiger partial charge on any atom is 0.323 e. The van der Waals surface area contributed by atoms with E-state index in [1.165, 1.54) is 0 Å². The van der Waals surface area contributed by atoms with E-state index in [1.54, 1.807) is 12.1 Å². The van der Waals surface area contributed by atoms with Crippen LogP contribution in [0, 0.1) is 6.92 Å². The van der Waals surface area contributed by atoms with Gasteiger partial charge in [-0.25, -0.2) is 4.79 Å². The summed E-state index contributed by atoms with van der Waals surface area (Å²) in [6.07, 6.45) is 0. The zero-order valence-corrected chi connectivity index (χ0v) is 14.4. The van der Waals surface area contributed by atoms with Crippen LogP contribution in [0.2, 0.25) is 5.02 Å². The number of hydrogen-bond donors (Lipinski definition) is 2. The Morgan fingerprint density at radius 2 is 1.70 bits per heavy atom. The molecule has 0 aromatic heterocycles. The molecule has 0 radical (unpaired) electrons. The second-order valence-corrected chi connectivity index (χ2v) is 5.64. The van der Waals surface area contributed by atoms with Gasteiger partial charge in [-0.05, 0) is 56.7 Å². The summed E-state index contributed by atoms with van der Waals surface area (Å²) in [5.74, 6) is 0. The van der Waals surface area contributed by atoms with Crippen LogP contribution in [0.25, 0.3) is 0 Å². The second-order valence-electron chi connectivity index (χ2n) is 5.23. The first-order valence-corrected chi connectivity index (χ1v) is 8.11. The van der Waals surface area contributed by atoms with Gasteiger partial charge in [0.25, 0.3) is 0 Å². The fourth-order valence-corrected chi connectivity index (χ4v) is 2.59. The highest BCUT2D eigenvalue weighted by Gasteiger charge is 2.09. The van der Waals surface area contributed by atoms with Crippen molar-refractivity contribution in [1.82, 2.24) is 0 Å². The molecule has 0 saturated carbocycles. The molecule has 2 amide bonds. The Morgan fingerprint density at radius 3 is 2.30 bits per heavy atom. The van der Waals surface area contributed by atoms with Crippen molar-refractivity contribution in [3.8, 4) is 0 Å². The molecule has 0 aliphatic heterocycles. The highest BCUT2D eigenvalue weighted by Crippen LogP contribution is 2.24. The summed E-state index contributed by atoms with van der Waals surface area (Å²) in [5, 5.41) is 6.12. The minimum atomic E-state index is -0.309. The number of urea groups is 1. The summed E-state index contributed by atoms with van der Waals surface area (Å²) >= 11 is 6.04. The smallest absolute Gasteiger partial charge is 0.323 e. The van der Waals surface area contributed by atoms with Gasteiger partial charge in [-0.2, -0.15) is 0 Å². The number of nitrogens with zero attached hydrogens (tertiary/aromatic N) is 1. The lowest BCUT2D eigenvalue weighted by Gasteiger charge is -2.22. The highest BCUT2D eigenvalue weighted by atomic mass is 35.5. The molecule has 0 saturated heterocycles. The van der Waals surface area contributed by atoms with Crippen molar-refractivity contribution < 1.29 is 4.79 Å². The summed E-state index contributed by atoms with van der Waals surface area (Å²) in [5.41, 5.74) is 3.54. The molecule has 5 heteroatoms. The van der Waals surface area contributed by atoms with E-state index < -0.39 is 0 Å². The van der Waals surface area contributed by atoms with Crippen LogP contribution in [0.15, 0.2) is 42.5 Å². The zero-order valence-electron chi connectivity index (χ0n) is 13.7. The molecule has 2 aromatic rings. The number of hydrogen-bond acceptors (Lipinski definition) is 2. The number of nitrogens with one attached hydrogen (secondary N) is 2. The van der Waals surface area contributed by atoms with Gasteiger partial charge < -0.3 is 15.5 Å². The fraction of sp³-hybridized carbons (Fsp3) is 0.278. The molecule has 122 valence electrons. The van der Waals surface area contributed by atoms with Gasteiger partial charge in [-0.15, -0.1) is 0 Å². The number of halogens is 1. The summed E-state index contributed by atoms with van der Waals surface area (Å²) in [7, 11) is 0. The molecule has 0 fully saturated rings. The summed E-state index contributed by atoms with van der Waals surface area (Å²) in [4.78, 5) is 14.4. The molecule has 2 aromatic carbocycles. The van der Waals surface area contributed by atoms with Crippen LogP contribution in [-0.4, -0.2) is 19.1 Å². The van der Waals surface area contributed by atoms with Crippen molar-refractivity contribution in [2.24, 2.45) is 0 Å². The van der Waals surface area contributed by atoms with E-state index >= 15 is 0 Å². The van der Waals surface area contributed by atoms with Gasteiger partial charge in [-0.1, -0.05) is 23.7 Å². The molecule has 0 heterocycles. The number of amides is 2. The Balaban J connectivity index is 2.08. The first kappa shape index (κ1) is 17.2. The van der Waals surface area contributed by atoms with Crippen molar-refractivity contribution in [3.63, 3.8) is 0 Å². The average Bonchev–Trinajstić information content (AvgIpc) is 2.53. The molecule has 0 aliphatic carbocycles. The molecule has 0 aliphatic rings. The standard InChI is InChI=1S/C18H22ClN3O/c1-4-22(5-2)14-10-11-16(13(3)12-14)20-18(23)21-17-9-7-6-8-15(17)19/h6-12H,4-5H2,1-3H3,(H2,20,21,23). The van der Waals surface area contributed by atoms with E-state index in [0.717, 1.165) is 30.0 Å². The first-order chi connectivity index (χ1) is 11.0. The number of aryl methyl sites for hydroxylation is 1. The lowest BCUT2D eigenvalue weighted by molar-refractivity contribution is 0.262. The molecular formula is C18H22ClN3O. The van der Waals surface area contributed by atoms with Crippen LogP contribution < -0.4 is 15.5 Å². The quantitative estimate of drug-likeness (QED) is 0.796. The zero-order chi connectivity index (χ0) is 16.8. The maximum atomic E-state index is 12.1. The van der Waals surface area contributed by atoms with Crippen molar-refractivity contribution in [2.45, 2.75) is 20.8 Å². The normalized spacial score (nSPS) is 10.3. The summed E-state index contributed by atoms with van der Waals surface area (Å²) in [6, 6.07) is 12.9. The van der Waals surface area contributed by atoms with Gasteiger partial charge in [0.1, 0.15) is 0 Å². The summed E-state index contributed by atoms with van der Waals surface area (Å²) in [6.45, 7) is 8.15. The van der Waals surface area contributed by atoms with Gasteiger partial charge in [0, 0.05) is 24.5 Å². The lowest BCUT2D eigenvalue weighted by Crippen LogP contribution is -2.22. The van der Waals surface area contributed by atoms with Crippen LogP contribution in [0.1, 0.15) is 19.4 Å². The third kappa shape index (κ3) is 4.39. The molecule has 0 unspecified atom stereocenters. The van der Waals surface area contributed by atoms with Gasteiger partial charge >= 0.3 is 6.03 Å². The van der Waals surface area contributed by atoms with Gasteiger partial charge in [0.2, 0.25) is 0 Å². The molecule has 2 rings (SSSR count). The maximum absolute atomic E-state index is 12.1. The second kappa shape index (κ2) is 7.88. The molecule has 23 heavy (non-hydrogen) atoms. The van der Waals surface area contributed by atoms with Crippen molar-refractivity contribution in [1.29, 1.82) is 0 Å². The average molecular weight is 332 g/mol. The minimum absolute atomic E-state index is 0.309. The summed E-state index contributed by atoms with van der Waals surface area (Å²) < 4.78 is 0. The minimum Gasteiger partial charge on any atom is -0.372 e. The van der Waals surface area contributed by atoms with Crippen molar-refractivity contribution >= 4 is 34.7 Å². The Labute approximate surface area is 142 Å². The molecule has 0 spiro atoms. The number of rotatable bonds is 5. The molecule has 2 N–H and O–H groups in total. The van der Waals surface area contributed by atoms with E-state index in [4.69, 9.17) is 11.6 Å². The SMILES string of the molecule is CCN(CC)c1ccc(NC(=O)Nc2ccccc2Cl)c(C)c1. The van der Waals surface area contributed by atoms with Crippen LogP contribution in [0.4, 0.5) is 21.9 Å². The predicted molar refractivity (Wildman–Crippen MR) is 98.8 cm³/mol. The largest absolute Gasteiger partial charge is 0.372 e. The molecule has 4 nitrogen and oxygen atoms in total. The van der Waals surface area contributed by atoms with Crippen LogP contribution in [-0.2, 0) is 0 Å². The van der Waals surface area contributed by atoms with E-state index in [-0.39, 0.29) is 6.03 Å². The van der Waals surface area contributed by atoms with Crippen LogP contribution in [0.3, 0.4) is 0 Å². The number of carbonyl (C=O) groups is 1. The molecule has 0 atom stereocenters. The van der Waals surface area contributed by atoms with Crippen LogP contribution >= 0.6 is 11.6 Å². The Kier molecular flexibility index (Phi) is 5.88. The number of benzene rings is 2. The van der Waals surface area contributed by atoms with Crippen molar-refractivity contribution in [3.05, 3.63) is 53.1 Å². The van der Waals surface area contributed by atoms with Gasteiger partial charge in [0.15, 0.2) is 0 Å². The Hall–Kier alpha value is -2.20.